The van der Waals surface area contributed by atoms with Crippen molar-refractivity contribution in [1.82, 2.24) is 4.98 Å². The van der Waals surface area contributed by atoms with Crippen molar-refractivity contribution in [2.75, 3.05) is 11.8 Å². The monoisotopic (exact) mass is 340 g/mol. The predicted octanol–water partition coefficient (Wildman–Crippen LogP) is 2.46. The fourth-order valence-electron chi connectivity index (χ4n) is 1.72. The van der Waals surface area contributed by atoms with Gasteiger partial charge in [0.15, 0.2) is 5.82 Å². The number of benzene rings is 1. The van der Waals surface area contributed by atoms with Crippen LogP contribution in [0.2, 0.25) is 5.02 Å². The molecule has 0 saturated heterocycles. The molecule has 0 unspecified atom stereocenters. The van der Waals surface area contributed by atoms with Crippen LogP contribution in [0.5, 0.6) is 0 Å². The number of carbonyl (C=O) groups excluding carboxylic acids is 1. The van der Waals surface area contributed by atoms with E-state index in [0.29, 0.717) is 11.1 Å². The van der Waals surface area contributed by atoms with Crippen LogP contribution >= 0.6 is 11.6 Å². The van der Waals surface area contributed by atoms with Crippen LogP contribution in [0, 0.1) is 0 Å². The van der Waals surface area contributed by atoms with Crippen molar-refractivity contribution in [3.8, 4) is 0 Å². The Morgan fingerprint density at radius 3 is 2.55 bits per heavy atom. The number of halogens is 1. The third-order valence-electron chi connectivity index (χ3n) is 2.74. The van der Waals surface area contributed by atoms with Crippen molar-refractivity contribution in [2.24, 2.45) is 0 Å². The van der Waals surface area contributed by atoms with Crippen LogP contribution in [0.25, 0.3) is 0 Å². The van der Waals surface area contributed by atoms with E-state index >= 15 is 0 Å². The zero-order chi connectivity index (χ0) is 16.2. The zero-order valence-electron chi connectivity index (χ0n) is 11.6. The molecular formula is C14H13ClN2O4S. The Hall–Kier alpha value is -2.12. The second-order valence-corrected chi connectivity index (χ2v) is 6.51. The fraction of sp³-hybridized carbons (Fsp3) is 0.143. The molecule has 0 aliphatic heterocycles. The van der Waals surface area contributed by atoms with Gasteiger partial charge in [-0.3, -0.25) is 4.72 Å². The molecule has 6 nitrogen and oxygen atoms in total. The third kappa shape index (κ3) is 4.19. The average molecular weight is 341 g/mol. The summed E-state index contributed by atoms with van der Waals surface area (Å²) in [6, 6.07) is 9.25. The van der Waals surface area contributed by atoms with E-state index < -0.39 is 16.0 Å². The molecule has 2 rings (SSSR count). The first-order chi connectivity index (χ1) is 10.4. The minimum atomic E-state index is -3.66. The molecule has 0 aliphatic carbocycles. The average Bonchev–Trinajstić information content (AvgIpc) is 2.49. The predicted molar refractivity (Wildman–Crippen MR) is 83.3 cm³/mol. The van der Waals surface area contributed by atoms with Crippen LogP contribution in [-0.4, -0.2) is 26.5 Å². The van der Waals surface area contributed by atoms with Crippen LogP contribution in [0.4, 0.5) is 5.82 Å². The molecule has 0 saturated carbocycles. The standard InChI is InChI=1S/C14H13ClN2O4S/c1-21-14(18)11-6-4-10(5-7-11)9-22(19,20)17-13-12(15)3-2-8-16-13/h2-8H,9H2,1H3,(H,16,17). The van der Waals surface area contributed by atoms with Gasteiger partial charge in [0.05, 0.1) is 23.4 Å². The van der Waals surface area contributed by atoms with Crippen molar-refractivity contribution in [3.63, 3.8) is 0 Å². The largest absolute Gasteiger partial charge is 0.465 e. The second-order valence-electron chi connectivity index (χ2n) is 4.38. The highest BCUT2D eigenvalue weighted by molar-refractivity contribution is 7.91. The Morgan fingerprint density at radius 1 is 1.27 bits per heavy atom. The Kier molecular flexibility index (Phi) is 4.99. The maximum absolute atomic E-state index is 12.1. The van der Waals surface area contributed by atoms with Gasteiger partial charge < -0.3 is 4.74 Å². The molecule has 0 bridgehead atoms. The van der Waals surface area contributed by atoms with Crippen LogP contribution in [0.3, 0.4) is 0 Å². The lowest BCUT2D eigenvalue weighted by atomic mass is 10.1. The molecule has 0 aliphatic rings. The van der Waals surface area contributed by atoms with Crippen LogP contribution in [-0.2, 0) is 20.5 Å². The summed E-state index contributed by atoms with van der Waals surface area (Å²) in [6.07, 6.45) is 1.44. The summed E-state index contributed by atoms with van der Waals surface area (Å²) in [6.45, 7) is 0. The second kappa shape index (κ2) is 6.76. The first kappa shape index (κ1) is 16.3. The molecule has 1 aromatic carbocycles. The normalized spacial score (nSPS) is 11.0. The summed E-state index contributed by atoms with van der Waals surface area (Å²) in [4.78, 5) is 15.2. The Bertz CT molecular complexity index is 776. The highest BCUT2D eigenvalue weighted by atomic mass is 35.5. The number of ether oxygens (including phenoxy) is 1. The van der Waals surface area contributed by atoms with E-state index in [2.05, 4.69) is 14.4 Å². The van der Waals surface area contributed by atoms with Gasteiger partial charge in [-0.05, 0) is 29.8 Å². The number of hydrogen-bond donors (Lipinski definition) is 1. The fourth-order valence-corrected chi connectivity index (χ4v) is 3.10. The van der Waals surface area contributed by atoms with E-state index in [4.69, 9.17) is 11.6 Å². The van der Waals surface area contributed by atoms with Gasteiger partial charge in [0.2, 0.25) is 10.0 Å². The number of aromatic nitrogens is 1. The molecule has 22 heavy (non-hydrogen) atoms. The van der Waals surface area contributed by atoms with Crippen LogP contribution in [0.1, 0.15) is 15.9 Å². The number of methoxy groups -OCH3 is 1. The van der Waals surface area contributed by atoms with E-state index in [0.717, 1.165) is 0 Å². The highest BCUT2D eigenvalue weighted by Crippen LogP contribution is 2.20. The number of hydrogen-bond acceptors (Lipinski definition) is 5. The van der Waals surface area contributed by atoms with E-state index in [1.54, 1.807) is 18.2 Å². The number of nitrogens with zero attached hydrogens (tertiary/aromatic N) is 1. The third-order valence-corrected chi connectivity index (χ3v) is 4.27. The smallest absolute Gasteiger partial charge is 0.337 e. The van der Waals surface area contributed by atoms with Crippen molar-refractivity contribution in [1.29, 1.82) is 0 Å². The van der Waals surface area contributed by atoms with E-state index in [1.165, 1.54) is 31.5 Å². The summed E-state index contributed by atoms with van der Waals surface area (Å²) >= 11 is 5.86. The SMILES string of the molecule is COC(=O)c1ccc(CS(=O)(=O)Nc2ncccc2Cl)cc1. The van der Waals surface area contributed by atoms with Crippen LogP contribution < -0.4 is 4.72 Å². The Balaban J connectivity index is 2.12. The Morgan fingerprint density at radius 2 is 1.95 bits per heavy atom. The van der Waals surface area contributed by atoms with Gasteiger partial charge in [0.25, 0.3) is 0 Å². The van der Waals surface area contributed by atoms with Crippen molar-refractivity contribution in [2.45, 2.75) is 5.75 Å². The Labute approximate surface area is 133 Å². The topological polar surface area (TPSA) is 85.4 Å². The number of esters is 1. The lowest BCUT2D eigenvalue weighted by molar-refractivity contribution is 0.0600. The van der Waals surface area contributed by atoms with Crippen molar-refractivity contribution in [3.05, 3.63) is 58.7 Å². The maximum atomic E-state index is 12.1. The molecule has 0 amide bonds. The number of nitrogens with one attached hydrogen (secondary N) is 1. The quantitative estimate of drug-likeness (QED) is 0.845. The molecule has 0 spiro atoms. The van der Waals surface area contributed by atoms with E-state index in [1.807, 2.05) is 0 Å². The molecule has 0 fully saturated rings. The molecular weight excluding hydrogens is 328 g/mol. The number of carbonyl (C=O) groups is 1. The van der Waals surface area contributed by atoms with Gasteiger partial charge in [0.1, 0.15) is 0 Å². The van der Waals surface area contributed by atoms with Gasteiger partial charge in [-0.15, -0.1) is 0 Å². The van der Waals surface area contributed by atoms with Gasteiger partial charge in [-0.25, -0.2) is 18.2 Å². The lowest BCUT2D eigenvalue weighted by Crippen LogP contribution is -2.16. The van der Waals surface area contributed by atoms with Crippen molar-refractivity contribution < 1.29 is 17.9 Å². The lowest BCUT2D eigenvalue weighted by Gasteiger charge is -2.08. The van der Waals surface area contributed by atoms with Gasteiger partial charge in [0, 0.05) is 6.20 Å². The summed E-state index contributed by atoms with van der Waals surface area (Å²) < 4.78 is 31.1. The summed E-state index contributed by atoms with van der Waals surface area (Å²) in [7, 11) is -2.38. The van der Waals surface area contributed by atoms with E-state index in [9.17, 15) is 13.2 Å². The molecule has 1 N–H and O–H groups in total. The molecule has 0 atom stereocenters. The van der Waals surface area contributed by atoms with Crippen LogP contribution in [0.15, 0.2) is 42.6 Å². The minimum Gasteiger partial charge on any atom is -0.465 e. The summed E-state index contributed by atoms with van der Waals surface area (Å²) in [5.74, 6) is -0.662. The van der Waals surface area contributed by atoms with E-state index in [-0.39, 0.29) is 16.6 Å². The molecule has 116 valence electrons. The summed E-state index contributed by atoms with van der Waals surface area (Å²) in [5, 5.41) is 0.215. The number of rotatable bonds is 5. The molecule has 2 aromatic rings. The molecule has 1 aromatic heterocycles. The summed E-state index contributed by atoms with van der Waals surface area (Å²) in [5.41, 5.74) is 0.872. The zero-order valence-corrected chi connectivity index (χ0v) is 13.2. The number of anilines is 1. The minimum absolute atomic E-state index is 0.0790. The molecule has 0 radical (unpaired) electrons. The first-order valence-corrected chi connectivity index (χ1v) is 8.22. The maximum Gasteiger partial charge on any atom is 0.337 e. The molecule has 8 heteroatoms. The van der Waals surface area contributed by atoms with Gasteiger partial charge in [-0.2, -0.15) is 0 Å². The number of sulfonamides is 1. The molecule has 1 heterocycles. The van der Waals surface area contributed by atoms with Crippen molar-refractivity contribution >= 4 is 33.4 Å². The number of pyridine rings is 1. The van der Waals surface area contributed by atoms with Gasteiger partial charge >= 0.3 is 5.97 Å². The highest BCUT2D eigenvalue weighted by Gasteiger charge is 2.15. The van der Waals surface area contributed by atoms with Gasteiger partial charge in [-0.1, -0.05) is 23.7 Å². The first-order valence-electron chi connectivity index (χ1n) is 6.19.